The van der Waals surface area contributed by atoms with Crippen LogP contribution in [0, 0.1) is 0 Å². The average molecular weight is 217 g/mol. The highest BCUT2D eigenvalue weighted by Crippen LogP contribution is 2.09. The molecule has 84 valence electrons. The number of rotatable bonds is 6. The molecule has 1 aliphatic rings. The number of piperidine rings is 1. The molecule has 0 radical (unpaired) electrons. The maximum Gasteiger partial charge on any atom is 0.0235 e. The Morgan fingerprint density at radius 3 is 2.50 bits per heavy atom. The molecule has 2 nitrogen and oxygen atoms in total. The molecule has 1 saturated heterocycles. The third-order valence-corrected chi connectivity index (χ3v) is 4.25. The molecule has 1 fully saturated rings. The minimum Gasteiger partial charge on any atom is -0.303 e. The minimum atomic E-state index is -0.552. The van der Waals surface area contributed by atoms with Gasteiger partial charge in [0.25, 0.3) is 0 Å². The van der Waals surface area contributed by atoms with Crippen LogP contribution in [0.25, 0.3) is 0 Å². The molecular formula is C11H23NOS. The van der Waals surface area contributed by atoms with Crippen LogP contribution in [0.1, 0.15) is 39.0 Å². The Bertz CT molecular complexity index is 167. The fourth-order valence-corrected chi connectivity index (χ4v) is 2.74. The molecule has 1 unspecified atom stereocenters. The second kappa shape index (κ2) is 7.41. The van der Waals surface area contributed by atoms with Crippen molar-refractivity contribution in [2.45, 2.75) is 39.0 Å². The van der Waals surface area contributed by atoms with E-state index in [0.717, 1.165) is 17.9 Å². The lowest BCUT2D eigenvalue weighted by molar-refractivity contribution is 0.226. The van der Waals surface area contributed by atoms with E-state index in [1.54, 1.807) is 0 Å². The summed E-state index contributed by atoms with van der Waals surface area (Å²) in [5, 5.41) is 0. The van der Waals surface area contributed by atoms with E-state index in [4.69, 9.17) is 0 Å². The number of nitrogens with zero attached hydrogens (tertiary/aromatic N) is 1. The molecule has 3 heteroatoms. The van der Waals surface area contributed by atoms with Gasteiger partial charge in [-0.2, -0.15) is 0 Å². The molecule has 14 heavy (non-hydrogen) atoms. The molecule has 0 aromatic rings. The third kappa shape index (κ3) is 5.11. The summed E-state index contributed by atoms with van der Waals surface area (Å²) < 4.78 is 11.2. The predicted molar refractivity (Wildman–Crippen MR) is 63.1 cm³/mol. The monoisotopic (exact) mass is 217 g/mol. The molecule has 0 bridgehead atoms. The van der Waals surface area contributed by atoms with Crippen molar-refractivity contribution in [2.24, 2.45) is 0 Å². The van der Waals surface area contributed by atoms with Crippen LogP contribution in [0.15, 0.2) is 0 Å². The van der Waals surface area contributed by atoms with Gasteiger partial charge in [-0.3, -0.25) is 4.21 Å². The van der Waals surface area contributed by atoms with Crippen LogP contribution in [0.4, 0.5) is 0 Å². The largest absolute Gasteiger partial charge is 0.303 e. The second-order valence-corrected chi connectivity index (χ2v) is 5.91. The lowest BCUT2D eigenvalue weighted by atomic mass is 10.1. The quantitative estimate of drug-likeness (QED) is 0.634. The number of unbranched alkanes of at least 4 members (excludes halogenated alkanes) is 1. The zero-order valence-electron chi connectivity index (χ0n) is 9.33. The molecule has 0 N–H and O–H groups in total. The predicted octanol–water partition coefficient (Wildman–Crippen LogP) is 2.02. The summed E-state index contributed by atoms with van der Waals surface area (Å²) in [6, 6.07) is 0. The first-order valence-corrected chi connectivity index (χ1v) is 7.39. The number of hydrogen-bond donors (Lipinski definition) is 0. The van der Waals surface area contributed by atoms with Gasteiger partial charge < -0.3 is 4.90 Å². The summed E-state index contributed by atoms with van der Waals surface area (Å²) in [7, 11) is -0.552. The Labute approximate surface area is 90.5 Å². The topological polar surface area (TPSA) is 20.3 Å². The van der Waals surface area contributed by atoms with Crippen molar-refractivity contribution in [3.8, 4) is 0 Å². The van der Waals surface area contributed by atoms with Crippen molar-refractivity contribution in [1.82, 2.24) is 4.90 Å². The van der Waals surface area contributed by atoms with Crippen molar-refractivity contribution in [1.29, 1.82) is 0 Å². The molecule has 0 saturated carbocycles. The first kappa shape index (κ1) is 12.2. The Balaban J connectivity index is 1.94. The zero-order valence-corrected chi connectivity index (χ0v) is 10.2. The van der Waals surface area contributed by atoms with Crippen LogP contribution in [-0.4, -0.2) is 40.2 Å². The van der Waals surface area contributed by atoms with Gasteiger partial charge in [-0.25, -0.2) is 0 Å². The van der Waals surface area contributed by atoms with Crippen molar-refractivity contribution < 1.29 is 4.21 Å². The molecule has 0 aromatic heterocycles. The van der Waals surface area contributed by atoms with Crippen molar-refractivity contribution in [2.75, 3.05) is 31.1 Å². The molecular weight excluding hydrogens is 194 g/mol. The number of hydrogen-bond acceptors (Lipinski definition) is 2. The summed E-state index contributed by atoms with van der Waals surface area (Å²) in [6.07, 6.45) is 6.53. The van der Waals surface area contributed by atoms with Gasteiger partial charge in [-0.05, 0) is 45.3 Å². The highest BCUT2D eigenvalue weighted by Gasteiger charge is 2.08. The fourth-order valence-electron chi connectivity index (χ4n) is 1.93. The summed E-state index contributed by atoms with van der Waals surface area (Å²) >= 11 is 0. The van der Waals surface area contributed by atoms with Gasteiger partial charge in [0.2, 0.25) is 0 Å². The van der Waals surface area contributed by atoms with Crippen molar-refractivity contribution in [3.05, 3.63) is 0 Å². The summed E-state index contributed by atoms with van der Waals surface area (Å²) in [5.74, 6) is 1.73. The zero-order chi connectivity index (χ0) is 10.2. The standard InChI is InChI=1S/C11H23NOS/c1-2-14(13)11-7-6-10-12-8-4-3-5-9-12/h2-11H2,1H3. The summed E-state index contributed by atoms with van der Waals surface area (Å²) in [6.45, 7) is 5.80. The lowest BCUT2D eigenvalue weighted by Crippen LogP contribution is -2.30. The SMILES string of the molecule is CCS(=O)CCCCN1CCCCC1. The van der Waals surface area contributed by atoms with Crippen LogP contribution >= 0.6 is 0 Å². The first-order valence-electron chi connectivity index (χ1n) is 5.90. The van der Waals surface area contributed by atoms with Gasteiger partial charge in [0, 0.05) is 22.3 Å². The van der Waals surface area contributed by atoms with Crippen molar-refractivity contribution >= 4 is 10.8 Å². The van der Waals surface area contributed by atoms with Crippen LogP contribution in [0.2, 0.25) is 0 Å². The van der Waals surface area contributed by atoms with Gasteiger partial charge in [-0.1, -0.05) is 13.3 Å². The highest BCUT2D eigenvalue weighted by molar-refractivity contribution is 7.84. The van der Waals surface area contributed by atoms with Gasteiger partial charge >= 0.3 is 0 Å². The number of likely N-dealkylation sites (tertiary alicyclic amines) is 1. The Morgan fingerprint density at radius 2 is 1.86 bits per heavy atom. The molecule has 1 rings (SSSR count). The first-order chi connectivity index (χ1) is 6.83. The van der Waals surface area contributed by atoms with E-state index in [1.165, 1.54) is 45.3 Å². The lowest BCUT2D eigenvalue weighted by Gasteiger charge is -2.26. The Morgan fingerprint density at radius 1 is 1.14 bits per heavy atom. The maximum absolute atomic E-state index is 11.2. The molecule has 1 aliphatic heterocycles. The van der Waals surface area contributed by atoms with E-state index in [1.807, 2.05) is 6.92 Å². The van der Waals surface area contributed by atoms with Gasteiger partial charge in [-0.15, -0.1) is 0 Å². The third-order valence-electron chi connectivity index (χ3n) is 2.87. The molecule has 1 atom stereocenters. The van der Waals surface area contributed by atoms with E-state index in [-0.39, 0.29) is 0 Å². The normalized spacial score (nSPS) is 20.9. The summed E-state index contributed by atoms with van der Waals surface area (Å²) in [5.41, 5.74) is 0. The molecule has 0 spiro atoms. The van der Waals surface area contributed by atoms with Crippen LogP contribution in [0.5, 0.6) is 0 Å². The fraction of sp³-hybridized carbons (Fsp3) is 1.00. The smallest absolute Gasteiger partial charge is 0.0235 e. The van der Waals surface area contributed by atoms with Crippen LogP contribution < -0.4 is 0 Å². The van der Waals surface area contributed by atoms with E-state index in [0.29, 0.717) is 0 Å². The average Bonchev–Trinajstić information content (AvgIpc) is 2.25. The molecule has 0 aromatic carbocycles. The molecule has 0 amide bonds. The van der Waals surface area contributed by atoms with Gasteiger partial charge in [0.1, 0.15) is 0 Å². The molecule has 1 heterocycles. The van der Waals surface area contributed by atoms with Gasteiger partial charge in [0.05, 0.1) is 0 Å². The van der Waals surface area contributed by atoms with E-state index >= 15 is 0 Å². The van der Waals surface area contributed by atoms with Crippen molar-refractivity contribution in [3.63, 3.8) is 0 Å². The van der Waals surface area contributed by atoms with E-state index in [2.05, 4.69) is 4.90 Å². The van der Waals surface area contributed by atoms with Crippen LogP contribution in [0.3, 0.4) is 0 Å². The van der Waals surface area contributed by atoms with Crippen LogP contribution in [-0.2, 0) is 10.8 Å². The van der Waals surface area contributed by atoms with E-state index < -0.39 is 10.8 Å². The highest BCUT2D eigenvalue weighted by atomic mass is 32.2. The Hall–Kier alpha value is 0.110. The second-order valence-electron chi connectivity index (χ2n) is 4.04. The molecule has 0 aliphatic carbocycles. The maximum atomic E-state index is 11.2. The summed E-state index contributed by atoms with van der Waals surface area (Å²) in [4.78, 5) is 2.55. The van der Waals surface area contributed by atoms with E-state index in [9.17, 15) is 4.21 Å². The Kier molecular flexibility index (Phi) is 6.45. The minimum absolute atomic E-state index is 0.552. The van der Waals surface area contributed by atoms with Gasteiger partial charge in [0.15, 0.2) is 0 Å².